The van der Waals surface area contributed by atoms with E-state index in [1.165, 1.54) is 0 Å². The van der Waals surface area contributed by atoms with Crippen LogP contribution in [0.5, 0.6) is 11.5 Å². The Kier molecular flexibility index (Phi) is 3.84. The number of hydrogen-bond donors (Lipinski definition) is 0. The van der Waals surface area contributed by atoms with E-state index in [4.69, 9.17) is 19.5 Å². The molecular weight excluding hydrogens is 218 g/mol. The van der Waals surface area contributed by atoms with E-state index >= 15 is 0 Å². The van der Waals surface area contributed by atoms with Crippen molar-refractivity contribution in [1.82, 2.24) is 0 Å². The lowest BCUT2D eigenvalue weighted by Crippen LogP contribution is -2.26. The van der Waals surface area contributed by atoms with Crippen molar-refractivity contribution in [2.45, 2.75) is 18.9 Å². The van der Waals surface area contributed by atoms with Crippen molar-refractivity contribution >= 4 is 0 Å². The number of ether oxygens (including phenoxy) is 3. The first-order valence-electron chi connectivity index (χ1n) is 5.66. The molecule has 1 heterocycles. The monoisotopic (exact) mass is 233 g/mol. The molecule has 0 aromatic heterocycles. The maximum absolute atomic E-state index is 9.02. The summed E-state index contributed by atoms with van der Waals surface area (Å²) in [5.41, 5.74) is 0.539. The predicted octanol–water partition coefficient (Wildman–Crippen LogP) is 2.12. The van der Waals surface area contributed by atoms with Crippen LogP contribution in [0.2, 0.25) is 0 Å². The molecule has 0 atom stereocenters. The molecule has 0 spiro atoms. The van der Waals surface area contributed by atoms with E-state index in [9.17, 15) is 0 Å². The van der Waals surface area contributed by atoms with Crippen molar-refractivity contribution in [1.29, 1.82) is 5.26 Å². The topological polar surface area (TPSA) is 51.5 Å². The smallest absolute Gasteiger partial charge is 0.141 e. The minimum atomic E-state index is 0.128. The van der Waals surface area contributed by atoms with Crippen LogP contribution < -0.4 is 9.47 Å². The van der Waals surface area contributed by atoms with Crippen LogP contribution in [0.4, 0.5) is 0 Å². The molecular formula is C13H15NO3. The number of methoxy groups -OCH3 is 1. The SMILES string of the molecule is COc1ccc(C#N)c(OC2CCOCC2)c1. The largest absolute Gasteiger partial charge is 0.497 e. The van der Waals surface area contributed by atoms with Crippen LogP contribution in [0.25, 0.3) is 0 Å². The minimum Gasteiger partial charge on any atom is -0.497 e. The van der Waals surface area contributed by atoms with Crippen LogP contribution in [-0.4, -0.2) is 26.4 Å². The molecule has 0 aliphatic carbocycles. The third kappa shape index (κ3) is 2.89. The summed E-state index contributed by atoms with van der Waals surface area (Å²) in [6, 6.07) is 7.36. The zero-order valence-electron chi connectivity index (χ0n) is 9.81. The summed E-state index contributed by atoms with van der Waals surface area (Å²) in [4.78, 5) is 0. The molecule has 1 aromatic carbocycles. The highest BCUT2D eigenvalue weighted by atomic mass is 16.5. The van der Waals surface area contributed by atoms with Crippen LogP contribution >= 0.6 is 0 Å². The lowest BCUT2D eigenvalue weighted by atomic mass is 10.1. The van der Waals surface area contributed by atoms with Gasteiger partial charge in [0.2, 0.25) is 0 Å². The van der Waals surface area contributed by atoms with Crippen molar-refractivity contribution in [2.75, 3.05) is 20.3 Å². The summed E-state index contributed by atoms with van der Waals surface area (Å²) in [5, 5.41) is 9.02. The van der Waals surface area contributed by atoms with Gasteiger partial charge in [0.1, 0.15) is 23.7 Å². The maximum Gasteiger partial charge on any atom is 0.141 e. The van der Waals surface area contributed by atoms with E-state index in [2.05, 4.69) is 6.07 Å². The highest BCUT2D eigenvalue weighted by Gasteiger charge is 2.17. The predicted molar refractivity (Wildman–Crippen MR) is 62.2 cm³/mol. The second kappa shape index (κ2) is 5.55. The first-order valence-corrected chi connectivity index (χ1v) is 5.66. The van der Waals surface area contributed by atoms with Gasteiger partial charge in [0.15, 0.2) is 0 Å². The molecule has 1 aliphatic heterocycles. The molecule has 17 heavy (non-hydrogen) atoms. The minimum absolute atomic E-state index is 0.128. The van der Waals surface area contributed by atoms with E-state index in [-0.39, 0.29) is 6.10 Å². The van der Waals surface area contributed by atoms with Crippen LogP contribution in [0.3, 0.4) is 0 Å². The Labute approximate surface area is 101 Å². The summed E-state index contributed by atoms with van der Waals surface area (Å²) in [7, 11) is 1.60. The molecule has 4 nitrogen and oxygen atoms in total. The highest BCUT2D eigenvalue weighted by molar-refractivity contribution is 5.47. The van der Waals surface area contributed by atoms with Gasteiger partial charge in [-0.15, -0.1) is 0 Å². The van der Waals surface area contributed by atoms with Crippen molar-refractivity contribution in [3.8, 4) is 17.6 Å². The molecule has 1 aromatic rings. The van der Waals surface area contributed by atoms with Crippen molar-refractivity contribution < 1.29 is 14.2 Å². The van der Waals surface area contributed by atoms with Gasteiger partial charge in [-0.05, 0) is 12.1 Å². The molecule has 0 amide bonds. The van der Waals surface area contributed by atoms with Crippen LogP contribution in [0.1, 0.15) is 18.4 Å². The number of benzene rings is 1. The standard InChI is InChI=1S/C13H15NO3/c1-15-12-3-2-10(9-14)13(8-12)17-11-4-6-16-7-5-11/h2-3,8,11H,4-7H2,1H3. The first-order chi connectivity index (χ1) is 8.33. The van der Waals surface area contributed by atoms with E-state index in [0.29, 0.717) is 17.1 Å². The number of nitriles is 1. The summed E-state index contributed by atoms with van der Waals surface area (Å²) >= 11 is 0. The lowest BCUT2D eigenvalue weighted by Gasteiger charge is -2.23. The van der Waals surface area contributed by atoms with Crippen LogP contribution in [0.15, 0.2) is 18.2 Å². The fourth-order valence-corrected chi connectivity index (χ4v) is 1.79. The Bertz CT molecular complexity index is 419. The third-order valence-electron chi connectivity index (χ3n) is 2.77. The van der Waals surface area contributed by atoms with Gasteiger partial charge in [0, 0.05) is 18.9 Å². The van der Waals surface area contributed by atoms with E-state index in [0.717, 1.165) is 26.1 Å². The van der Waals surface area contributed by atoms with Gasteiger partial charge in [-0.25, -0.2) is 0 Å². The van der Waals surface area contributed by atoms with Gasteiger partial charge in [-0.2, -0.15) is 5.26 Å². The number of hydrogen-bond acceptors (Lipinski definition) is 4. The van der Waals surface area contributed by atoms with E-state index in [1.807, 2.05) is 0 Å². The average molecular weight is 233 g/mol. The summed E-state index contributed by atoms with van der Waals surface area (Å²) < 4.78 is 16.2. The van der Waals surface area contributed by atoms with Crippen molar-refractivity contribution in [2.24, 2.45) is 0 Å². The molecule has 1 saturated heterocycles. The Morgan fingerprint density at radius 2 is 2.12 bits per heavy atom. The molecule has 2 rings (SSSR count). The zero-order chi connectivity index (χ0) is 12.1. The van der Waals surface area contributed by atoms with E-state index in [1.54, 1.807) is 25.3 Å². The molecule has 0 bridgehead atoms. The highest BCUT2D eigenvalue weighted by Crippen LogP contribution is 2.26. The summed E-state index contributed by atoms with van der Waals surface area (Å²) in [6.45, 7) is 1.44. The second-order valence-electron chi connectivity index (χ2n) is 3.90. The third-order valence-corrected chi connectivity index (χ3v) is 2.77. The van der Waals surface area contributed by atoms with Gasteiger partial charge in [0.25, 0.3) is 0 Å². The van der Waals surface area contributed by atoms with Crippen LogP contribution in [-0.2, 0) is 4.74 Å². The van der Waals surface area contributed by atoms with E-state index < -0.39 is 0 Å². The molecule has 4 heteroatoms. The number of rotatable bonds is 3. The molecule has 0 radical (unpaired) electrons. The molecule has 1 aliphatic rings. The molecule has 0 unspecified atom stereocenters. The average Bonchev–Trinajstić information content (AvgIpc) is 2.40. The number of nitrogens with zero attached hydrogens (tertiary/aromatic N) is 1. The zero-order valence-corrected chi connectivity index (χ0v) is 9.81. The second-order valence-corrected chi connectivity index (χ2v) is 3.90. The quantitative estimate of drug-likeness (QED) is 0.802. The Morgan fingerprint density at radius 3 is 2.76 bits per heavy atom. The molecule has 1 fully saturated rings. The summed E-state index contributed by atoms with van der Waals surface area (Å²) in [5.74, 6) is 1.30. The van der Waals surface area contributed by atoms with Gasteiger partial charge >= 0.3 is 0 Å². The fraction of sp³-hybridized carbons (Fsp3) is 0.462. The molecule has 0 N–H and O–H groups in total. The fourth-order valence-electron chi connectivity index (χ4n) is 1.79. The van der Waals surface area contributed by atoms with Gasteiger partial charge in [0.05, 0.1) is 25.9 Å². The van der Waals surface area contributed by atoms with Gasteiger partial charge in [-0.1, -0.05) is 0 Å². The summed E-state index contributed by atoms with van der Waals surface area (Å²) in [6.07, 6.45) is 1.85. The Morgan fingerprint density at radius 1 is 1.35 bits per heavy atom. The maximum atomic E-state index is 9.02. The van der Waals surface area contributed by atoms with Gasteiger partial charge in [-0.3, -0.25) is 0 Å². The van der Waals surface area contributed by atoms with Crippen molar-refractivity contribution in [3.63, 3.8) is 0 Å². The molecule has 90 valence electrons. The first kappa shape index (κ1) is 11.7. The Balaban J connectivity index is 2.14. The Hall–Kier alpha value is -1.73. The van der Waals surface area contributed by atoms with Crippen molar-refractivity contribution in [3.05, 3.63) is 23.8 Å². The lowest BCUT2D eigenvalue weighted by molar-refractivity contribution is 0.0254. The van der Waals surface area contributed by atoms with Gasteiger partial charge < -0.3 is 14.2 Å². The normalized spacial score (nSPS) is 16.2. The van der Waals surface area contributed by atoms with Crippen LogP contribution in [0, 0.1) is 11.3 Å². The molecule has 0 saturated carbocycles.